The smallest absolute Gasteiger partial charge is 0.203 e. The molecule has 0 atom stereocenters. The van der Waals surface area contributed by atoms with Gasteiger partial charge in [0.05, 0.1) is 4.88 Å². The third-order valence-corrected chi connectivity index (χ3v) is 4.18. The van der Waals surface area contributed by atoms with Gasteiger partial charge in [-0.3, -0.25) is 4.79 Å². The molecule has 0 aliphatic rings. The second-order valence-electron chi connectivity index (χ2n) is 3.49. The van der Waals surface area contributed by atoms with Crippen LogP contribution in [0.1, 0.15) is 20.8 Å². The molecule has 0 saturated carbocycles. The average Bonchev–Trinajstić information content (AvgIpc) is 2.75. The van der Waals surface area contributed by atoms with E-state index in [1.165, 1.54) is 16.2 Å². The molecule has 0 aliphatic carbocycles. The molecule has 0 N–H and O–H groups in total. The number of hydrogen-bond donors (Lipinski definition) is 0. The lowest BCUT2D eigenvalue weighted by molar-refractivity contribution is 0.104. The molecule has 1 aromatic carbocycles. The normalized spacial score (nSPS) is 10.4. The molecule has 0 unspecified atom stereocenters. The van der Waals surface area contributed by atoms with Crippen molar-refractivity contribution in [3.63, 3.8) is 0 Å². The van der Waals surface area contributed by atoms with Crippen LogP contribution in [0.15, 0.2) is 40.6 Å². The molecule has 2 rings (SSSR count). The van der Waals surface area contributed by atoms with E-state index in [2.05, 4.69) is 0 Å². The minimum absolute atomic E-state index is 0.125. The molecule has 0 bridgehead atoms. The number of carbonyl (C=O) groups excluding carboxylic acids is 1. The highest BCUT2D eigenvalue weighted by Gasteiger charge is 2.12. The fourth-order valence-electron chi connectivity index (χ4n) is 1.48. The molecule has 0 radical (unpaired) electrons. The number of hydrogen-bond acceptors (Lipinski definition) is 3. The van der Waals surface area contributed by atoms with Crippen molar-refractivity contribution in [3.05, 3.63) is 51.7 Å². The van der Waals surface area contributed by atoms with Gasteiger partial charge in [0.25, 0.3) is 0 Å². The summed E-state index contributed by atoms with van der Waals surface area (Å²) < 4.78 is 0. The van der Waals surface area contributed by atoms with Crippen LogP contribution in [0.5, 0.6) is 0 Å². The van der Waals surface area contributed by atoms with Gasteiger partial charge in [0, 0.05) is 10.5 Å². The van der Waals surface area contributed by atoms with E-state index in [0.717, 1.165) is 16.0 Å². The first kappa shape index (κ1) is 11.4. The monoisotopic (exact) mass is 248 g/mol. The molecule has 2 aromatic rings. The van der Waals surface area contributed by atoms with Crippen LogP contribution in [-0.4, -0.2) is 12.0 Å². The highest BCUT2D eigenvalue weighted by molar-refractivity contribution is 7.98. The second-order valence-corrected chi connectivity index (χ2v) is 5.29. The van der Waals surface area contributed by atoms with Gasteiger partial charge in [0.15, 0.2) is 0 Å². The van der Waals surface area contributed by atoms with Gasteiger partial charge < -0.3 is 0 Å². The summed E-state index contributed by atoms with van der Waals surface area (Å²) in [5.74, 6) is 0.125. The Bertz CT molecular complexity index is 497. The lowest BCUT2D eigenvalue weighted by atomic mass is 10.1. The van der Waals surface area contributed by atoms with E-state index in [1.807, 2.05) is 48.9 Å². The maximum absolute atomic E-state index is 12.1. The molecule has 0 fully saturated rings. The Morgan fingerprint density at radius 3 is 2.38 bits per heavy atom. The summed E-state index contributed by atoms with van der Waals surface area (Å²) in [4.78, 5) is 14.2. The zero-order chi connectivity index (χ0) is 11.5. The van der Waals surface area contributed by atoms with Crippen LogP contribution in [0, 0.1) is 6.92 Å². The SMILES string of the molecule is CSc1ccc(C(=O)c2sccc2C)cc1. The van der Waals surface area contributed by atoms with Crippen LogP contribution in [0.4, 0.5) is 0 Å². The molecule has 1 heterocycles. The molecule has 1 aromatic heterocycles. The molecule has 3 heteroatoms. The van der Waals surface area contributed by atoms with Crippen LogP contribution >= 0.6 is 23.1 Å². The van der Waals surface area contributed by atoms with Crippen LogP contribution in [-0.2, 0) is 0 Å². The summed E-state index contributed by atoms with van der Waals surface area (Å²) in [6.45, 7) is 1.97. The van der Waals surface area contributed by atoms with E-state index in [-0.39, 0.29) is 5.78 Å². The van der Waals surface area contributed by atoms with Crippen molar-refractivity contribution < 1.29 is 4.79 Å². The van der Waals surface area contributed by atoms with Crippen molar-refractivity contribution in [2.45, 2.75) is 11.8 Å². The summed E-state index contributed by atoms with van der Waals surface area (Å²) in [6, 6.07) is 9.75. The fourth-order valence-corrected chi connectivity index (χ4v) is 2.77. The Morgan fingerprint density at radius 1 is 1.19 bits per heavy atom. The molecular formula is C13H12OS2. The van der Waals surface area contributed by atoms with Crippen LogP contribution < -0.4 is 0 Å². The summed E-state index contributed by atoms with van der Waals surface area (Å²) >= 11 is 3.19. The summed E-state index contributed by atoms with van der Waals surface area (Å²) in [5.41, 5.74) is 1.83. The van der Waals surface area contributed by atoms with E-state index in [1.54, 1.807) is 11.8 Å². The third-order valence-electron chi connectivity index (χ3n) is 2.42. The Balaban J connectivity index is 2.31. The zero-order valence-corrected chi connectivity index (χ0v) is 10.8. The highest BCUT2D eigenvalue weighted by Crippen LogP contribution is 2.21. The van der Waals surface area contributed by atoms with Gasteiger partial charge in [-0.15, -0.1) is 23.1 Å². The zero-order valence-electron chi connectivity index (χ0n) is 9.19. The summed E-state index contributed by atoms with van der Waals surface area (Å²) in [6.07, 6.45) is 2.03. The van der Waals surface area contributed by atoms with Gasteiger partial charge in [-0.2, -0.15) is 0 Å². The molecule has 82 valence electrons. The van der Waals surface area contributed by atoms with E-state index < -0.39 is 0 Å². The fraction of sp³-hybridized carbons (Fsp3) is 0.154. The first-order valence-corrected chi connectivity index (χ1v) is 7.05. The van der Waals surface area contributed by atoms with E-state index in [0.29, 0.717) is 0 Å². The molecule has 0 spiro atoms. The molecular weight excluding hydrogens is 236 g/mol. The maximum Gasteiger partial charge on any atom is 0.203 e. The largest absolute Gasteiger partial charge is 0.288 e. The number of carbonyl (C=O) groups is 1. The first-order valence-electron chi connectivity index (χ1n) is 4.95. The minimum atomic E-state index is 0.125. The lowest BCUT2D eigenvalue weighted by Gasteiger charge is -2.01. The second kappa shape index (κ2) is 4.85. The van der Waals surface area contributed by atoms with Crippen molar-refractivity contribution in [1.82, 2.24) is 0 Å². The number of aryl methyl sites for hydroxylation is 1. The van der Waals surface area contributed by atoms with Crippen molar-refractivity contribution in [3.8, 4) is 0 Å². The van der Waals surface area contributed by atoms with Gasteiger partial charge in [0.2, 0.25) is 5.78 Å². The number of rotatable bonds is 3. The Labute approximate surface area is 104 Å². The Kier molecular flexibility index (Phi) is 3.46. The number of thiophene rings is 1. The van der Waals surface area contributed by atoms with Crippen LogP contribution in [0.3, 0.4) is 0 Å². The predicted molar refractivity (Wildman–Crippen MR) is 70.7 cm³/mol. The van der Waals surface area contributed by atoms with Gasteiger partial charge >= 0.3 is 0 Å². The van der Waals surface area contributed by atoms with Crippen molar-refractivity contribution in [2.75, 3.05) is 6.26 Å². The quantitative estimate of drug-likeness (QED) is 0.603. The van der Waals surface area contributed by atoms with E-state index in [9.17, 15) is 4.79 Å². The molecule has 16 heavy (non-hydrogen) atoms. The standard InChI is InChI=1S/C13H12OS2/c1-9-7-8-16-13(9)12(14)10-3-5-11(15-2)6-4-10/h3-8H,1-2H3. The van der Waals surface area contributed by atoms with Gasteiger partial charge in [-0.05, 0) is 54.5 Å². The van der Waals surface area contributed by atoms with E-state index >= 15 is 0 Å². The molecule has 0 amide bonds. The van der Waals surface area contributed by atoms with Crippen molar-refractivity contribution in [2.24, 2.45) is 0 Å². The number of benzene rings is 1. The van der Waals surface area contributed by atoms with Gasteiger partial charge in [0.1, 0.15) is 0 Å². The topological polar surface area (TPSA) is 17.1 Å². The molecule has 1 nitrogen and oxygen atoms in total. The highest BCUT2D eigenvalue weighted by atomic mass is 32.2. The van der Waals surface area contributed by atoms with Crippen molar-refractivity contribution >= 4 is 28.9 Å². The molecule has 0 aliphatic heterocycles. The summed E-state index contributed by atoms with van der Waals surface area (Å²) in [5, 5.41) is 1.96. The molecule has 0 saturated heterocycles. The number of thioether (sulfide) groups is 1. The Morgan fingerprint density at radius 2 is 1.88 bits per heavy atom. The predicted octanol–water partition coefficient (Wildman–Crippen LogP) is 4.01. The Hall–Kier alpha value is -1.06. The van der Waals surface area contributed by atoms with Crippen LogP contribution in [0.2, 0.25) is 0 Å². The first-order chi connectivity index (χ1) is 7.72. The van der Waals surface area contributed by atoms with Gasteiger partial charge in [-0.25, -0.2) is 0 Å². The minimum Gasteiger partial charge on any atom is -0.288 e. The third kappa shape index (κ3) is 2.20. The van der Waals surface area contributed by atoms with E-state index in [4.69, 9.17) is 0 Å². The maximum atomic E-state index is 12.1. The van der Waals surface area contributed by atoms with Gasteiger partial charge in [-0.1, -0.05) is 0 Å². The number of ketones is 1. The lowest BCUT2D eigenvalue weighted by Crippen LogP contribution is -1.99. The average molecular weight is 248 g/mol. The van der Waals surface area contributed by atoms with Crippen LogP contribution in [0.25, 0.3) is 0 Å². The van der Waals surface area contributed by atoms with Crippen molar-refractivity contribution in [1.29, 1.82) is 0 Å². The summed E-state index contributed by atoms with van der Waals surface area (Å²) in [7, 11) is 0.